The Balaban J connectivity index is 1.96. The predicted molar refractivity (Wildman–Crippen MR) is 85.8 cm³/mol. The van der Waals surface area contributed by atoms with Gasteiger partial charge in [0.2, 0.25) is 0 Å². The van der Waals surface area contributed by atoms with E-state index in [1.54, 1.807) is 37.3 Å². The van der Waals surface area contributed by atoms with Crippen LogP contribution in [-0.4, -0.2) is 32.3 Å². The van der Waals surface area contributed by atoms with Crippen molar-refractivity contribution in [2.75, 3.05) is 6.54 Å². The second kappa shape index (κ2) is 5.73. The van der Waals surface area contributed by atoms with Crippen LogP contribution in [0.1, 0.15) is 12.6 Å². The van der Waals surface area contributed by atoms with Crippen LogP contribution in [0.15, 0.2) is 47.5 Å². The molecule has 1 aliphatic heterocycles. The van der Waals surface area contributed by atoms with Crippen molar-refractivity contribution >= 4 is 29.0 Å². The van der Waals surface area contributed by atoms with Gasteiger partial charge in [-0.1, -0.05) is 0 Å². The van der Waals surface area contributed by atoms with Gasteiger partial charge in [0.15, 0.2) is 0 Å². The number of thioether (sulfide) groups is 1. The zero-order valence-corrected chi connectivity index (χ0v) is 12.7. The highest BCUT2D eigenvalue weighted by atomic mass is 32.2. The number of imide groups is 1. The molecule has 1 N–H and O–H groups in total. The van der Waals surface area contributed by atoms with Crippen LogP contribution in [0.3, 0.4) is 0 Å². The Morgan fingerprint density at radius 2 is 1.91 bits per heavy atom. The van der Waals surface area contributed by atoms with Crippen LogP contribution in [0.4, 0.5) is 4.79 Å². The Morgan fingerprint density at radius 3 is 2.55 bits per heavy atom. The van der Waals surface area contributed by atoms with Gasteiger partial charge in [-0.05, 0) is 61.2 Å². The molecule has 0 bridgehead atoms. The Morgan fingerprint density at radius 1 is 1.18 bits per heavy atom. The highest BCUT2D eigenvalue weighted by Gasteiger charge is 2.33. The van der Waals surface area contributed by atoms with Crippen molar-refractivity contribution in [3.8, 4) is 11.4 Å². The SMILES string of the molecule is CCN1C(=O)SC(=Cc2cccn2-c2ccc(O)cc2)C1=O. The van der Waals surface area contributed by atoms with Crippen LogP contribution < -0.4 is 0 Å². The quantitative estimate of drug-likeness (QED) is 0.884. The molecule has 0 radical (unpaired) electrons. The van der Waals surface area contributed by atoms with Crippen LogP contribution in [0.5, 0.6) is 5.75 Å². The Kier molecular flexibility index (Phi) is 3.77. The number of aromatic nitrogens is 1. The minimum absolute atomic E-state index is 0.196. The Hall–Kier alpha value is -2.47. The predicted octanol–water partition coefficient (Wildman–Crippen LogP) is 3.24. The standard InChI is InChI=1S/C16H14N2O3S/c1-2-17-15(20)14(22-16(17)21)10-12-4-3-9-18(12)11-5-7-13(19)8-6-11/h3-10,19H,2H2,1H3. The van der Waals surface area contributed by atoms with E-state index in [-0.39, 0.29) is 16.9 Å². The number of hydrogen-bond acceptors (Lipinski definition) is 4. The third-order valence-corrected chi connectivity index (χ3v) is 4.28. The molecule has 0 saturated carbocycles. The number of carbonyl (C=O) groups is 2. The first-order valence-electron chi connectivity index (χ1n) is 6.82. The van der Waals surface area contributed by atoms with E-state index >= 15 is 0 Å². The molecular weight excluding hydrogens is 300 g/mol. The largest absolute Gasteiger partial charge is 0.508 e. The van der Waals surface area contributed by atoms with E-state index in [1.807, 2.05) is 22.9 Å². The molecular formula is C16H14N2O3S. The van der Waals surface area contributed by atoms with Crippen molar-refractivity contribution in [2.45, 2.75) is 6.92 Å². The van der Waals surface area contributed by atoms with E-state index < -0.39 is 0 Å². The van der Waals surface area contributed by atoms with Crippen molar-refractivity contribution in [1.82, 2.24) is 9.47 Å². The van der Waals surface area contributed by atoms with Crippen LogP contribution in [0.25, 0.3) is 11.8 Å². The lowest BCUT2D eigenvalue weighted by atomic mass is 10.3. The average molecular weight is 314 g/mol. The molecule has 2 amide bonds. The molecule has 1 fully saturated rings. The Labute approximate surface area is 131 Å². The molecule has 22 heavy (non-hydrogen) atoms. The van der Waals surface area contributed by atoms with E-state index in [0.29, 0.717) is 11.4 Å². The van der Waals surface area contributed by atoms with E-state index in [0.717, 1.165) is 23.1 Å². The number of likely N-dealkylation sites (N-methyl/N-ethyl adjacent to an activating group) is 1. The molecule has 0 atom stereocenters. The van der Waals surface area contributed by atoms with Crippen molar-refractivity contribution < 1.29 is 14.7 Å². The van der Waals surface area contributed by atoms with Gasteiger partial charge in [0.05, 0.1) is 4.91 Å². The zero-order valence-electron chi connectivity index (χ0n) is 11.9. The molecule has 1 aliphatic rings. The van der Waals surface area contributed by atoms with Crippen LogP contribution >= 0.6 is 11.8 Å². The number of phenols is 1. The lowest BCUT2D eigenvalue weighted by Gasteiger charge is -2.08. The van der Waals surface area contributed by atoms with Gasteiger partial charge >= 0.3 is 0 Å². The number of nitrogens with zero attached hydrogens (tertiary/aromatic N) is 2. The van der Waals surface area contributed by atoms with Gasteiger partial charge in [-0.3, -0.25) is 14.5 Å². The third kappa shape index (κ3) is 2.53. The summed E-state index contributed by atoms with van der Waals surface area (Å²) in [4.78, 5) is 25.5. The first-order valence-corrected chi connectivity index (χ1v) is 7.64. The van der Waals surface area contributed by atoms with Crippen LogP contribution in [0.2, 0.25) is 0 Å². The molecule has 1 aromatic heterocycles. The van der Waals surface area contributed by atoms with Crippen molar-refractivity contribution in [3.05, 3.63) is 53.2 Å². The lowest BCUT2D eigenvalue weighted by Crippen LogP contribution is -2.27. The monoisotopic (exact) mass is 314 g/mol. The summed E-state index contributed by atoms with van der Waals surface area (Å²) in [6, 6.07) is 10.5. The molecule has 1 aromatic carbocycles. The van der Waals surface area contributed by atoms with Crippen molar-refractivity contribution in [2.24, 2.45) is 0 Å². The summed E-state index contributed by atoms with van der Waals surface area (Å²) in [5, 5.41) is 9.13. The zero-order chi connectivity index (χ0) is 15.7. The van der Waals surface area contributed by atoms with Crippen LogP contribution in [0, 0.1) is 0 Å². The summed E-state index contributed by atoms with van der Waals surface area (Å²) in [7, 11) is 0. The van der Waals surface area contributed by atoms with Gasteiger partial charge in [0.25, 0.3) is 11.1 Å². The highest BCUT2D eigenvalue weighted by molar-refractivity contribution is 8.18. The lowest BCUT2D eigenvalue weighted by molar-refractivity contribution is -0.122. The highest BCUT2D eigenvalue weighted by Crippen LogP contribution is 2.32. The normalized spacial score (nSPS) is 16.8. The first kappa shape index (κ1) is 14.5. The molecule has 0 spiro atoms. The topological polar surface area (TPSA) is 62.5 Å². The average Bonchev–Trinajstić information content (AvgIpc) is 3.06. The number of rotatable bonds is 3. The summed E-state index contributed by atoms with van der Waals surface area (Å²) < 4.78 is 1.89. The van der Waals surface area contributed by atoms with Crippen LogP contribution in [-0.2, 0) is 4.79 Å². The molecule has 0 unspecified atom stereocenters. The van der Waals surface area contributed by atoms with E-state index in [2.05, 4.69) is 0 Å². The van der Waals surface area contributed by atoms with Gasteiger partial charge < -0.3 is 9.67 Å². The first-order chi connectivity index (χ1) is 10.6. The van der Waals surface area contributed by atoms with Crippen molar-refractivity contribution in [1.29, 1.82) is 0 Å². The Bertz CT molecular complexity index is 762. The fourth-order valence-electron chi connectivity index (χ4n) is 2.27. The molecule has 1 saturated heterocycles. The maximum atomic E-state index is 12.1. The summed E-state index contributed by atoms with van der Waals surface area (Å²) in [5.41, 5.74) is 1.66. The molecule has 6 heteroatoms. The van der Waals surface area contributed by atoms with E-state index in [4.69, 9.17) is 0 Å². The number of aromatic hydroxyl groups is 1. The van der Waals surface area contributed by atoms with E-state index in [9.17, 15) is 14.7 Å². The van der Waals surface area contributed by atoms with Gasteiger partial charge in [0, 0.05) is 24.1 Å². The second-order valence-corrected chi connectivity index (χ2v) is 5.74. The van der Waals surface area contributed by atoms with Gasteiger partial charge in [-0.15, -0.1) is 0 Å². The fourth-order valence-corrected chi connectivity index (χ4v) is 3.15. The summed E-state index contributed by atoms with van der Waals surface area (Å²) in [6.45, 7) is 2.15. The number of phenolic OH excluding ortho intramolecular Hbond substituents is 1. The minimum Gasteiger partial charge on any atom is -0.508 e. The number of carbonyl (C=O) groups excluding carboxylic acids is 2. The molecule has 3 rings (SSSR count). The van der Waals surface area contributed by atoms with Gasteiger partial charge in [0.1, 0.15) is 5.75 Å². The second-order valence-electron chi connectivity index (χ2n) is 4.75. The molecule has 5 nitrogen and oxygen atoms in total. The molecule has 2 aromatic rings. The van der Waals surface area contributed by atoms with Gasteiger partial charge in [-0.2, -0.15) is 0 Å². The maximum absolute atomic E-state index is 12.1. The minimum atomic E-state index is -0.254. The van der Waals surface area contributed by atoms with Gasteiger partial charge in [-0.25, -0.2) is 0 Å². The summed E-state index contributed by atoms with van der Waals surface area (Å²) >= 11 is 0.956. The maximum Gasteiger partial charge on any atom is 0.293 e. The molecule has 0 aliphatic carbocycles. The van der Waals surface area contributed by atoms with Crippen molar-refractivity contribution in [3.63, 3.8) is 0 Å². The number of benzene rings is 1. The third-order valence-electron chi connectivity index (χ3n) is 3.38. The summed E-state index contributed by atoms with van der Waals surface area (Å²) in [5.74, 6) is -0.0579. The molecule has 112 valence electrons. The summed E-state index contributed by atoms with van der Waals surface area (Å²) in [6.07, 6.45) is 3.58. The molecule has 2 heterocycles. The number of amides is 2. The van der Waals surface area contributed by atoms with E-state index in [1.165, 1.54) is 4.90 Å². The number of hydrogen-bond donors (Lipinski definition) is 1. The fraction of sp³-hybridized carbons (Fsp3) is 0.125. The smallest absolute Gasteiger partial charge is 0.293 e.